The number of aromatic nitrogens is 2. The molecule has 0 bridgehead atoms. The van der Waals surface area contributed by atoms with Crippen molar-refractivity contribution in [1.29, 1.82) is 0 Å². The molecule has 0 spiro atoms. The molecule has 5 nitrogen and oxygen atoms in total. The molecule has 128 valence electrons. The number of halogens is 1. The van der Waals surface area contributed by atoms with Gasteiger partial charge in [-0.3, -0.25) is 0 Å². The number of nitrogens with two attached hydrogens (primary N) is 1. The summed E-state index contributed by atoms with van der Waals surface area (Å²) in [5, 5.41) is 7.13. The third-order valence-electron chi connectivity index (χ3n) is 3.90. The lowest BCUT2D eigenvalue weighted by molar-refractivity contribution is 1.08. The molecule has 1 heterocycles. The van der Waals surface area contributed by atoms with Gasteiger partial charge in [0.1, 0.15) is 12.0 Å². The zero-order valence-corrected chi connectivity index (χ0v) is 14.9. The molecular formula is C19H20ClN5. The van der Waals surface area contributed by atoms with E-state index in [-0.39, 0.29) is 0 Å². The average molecular weight is 354 g/mol. The van der Waals surface area contributed by atoms with Crippen LogP contribution in [0.5, 0.6) is 0 Å². The molecule has 0 unspecified atom stereocenters. The highest BCUT2D eigenvalue weighted by Gasteiger charge is 2.09. The maximum Gasteiger partial charge on any atom is 0.159 e. The van der Waals surface area contributed by atoms with Crippen molar-refractivity contribution in [1.82, 2.24) is 9.97 Å². The van der Waals surface area contributed by atoms with Crippen molar-refractivity contribution >= 4 is 34.6 Å². The summed E-state index contributed by atoms with van der Waals surface area (Å²) in [7, 11) is 0. The molecule has 3 rings (SSSR count). The van der Waals surface area contributed by atoms with E-state index in [0.717, 1.165) is 16.8 Å². The van der Waals surface area contributed by atoms with Gasteiger partial charge in [-0.15, -0.1) is 0 Å². The van der Waals surface area contributed by atoms with E-state index in [2.05, 4.69) is 51.8 Å². The normalized spacial score (nSPS) is 10.5. The fourth-order valence-electron chi connectivity index (χ4n) is 2.34. The van der Waals surface area contributed by atoms with Gasteiger partial charge < -0.3 is 16.4 Å². The van der Waals surface area contributed by atoms with Crippen LogP contribution in [0, 0.1) is 13.8 Å². The van der Waals surface area contributed by atoms with Crippen LogP contribution >= 0.6 is 11.6 Å². The fourth-order valence-corrected chi connectivity index (χ4v) is 2.52. The maximum atomic E-state index is 6.20. The van der Waals surface area contributed by atoms with Crippen LogP contribution in [0.3, 0.4) is 0 Å². The molecule has 1 aromatic heterocycles. The Bertz CT molecular complexity index is 877. The Labute approximate surface area is 152 Å². The molecule has 0 aliphatic heterocycles. The van der Waals surface area contributed by atoms with Crippen molar-refractivity contribution in [2.75, 3.05) is 16.4 Å². The van der Waals surface area contributed by atoms with Crippen LogP contribution < -0.4 is 16.4 Å². The highest BCUT2D eigenvalue weighted by Crippen LogP contribution is 2.28. The number of aryl methyl sites for hydroxylation is 2. The number of nitrogens with one attached hydrogen (secondary N) is 2. The second-order valence-corrected chi connectivity index (χ2v) is 6.32. The van der Waals surface area contributed by atoms with Crippen LogP contribution in [0.2, 0.25) is 5.02 Å². The lowest BCUT2D eigenvalue weighted by atomic mass is 10.1. The summed E-state index contributed by atoms with van der Waals surface area (Å²) in [6, 6.07) is 14.0. The average Bonchev–Trinajstić information content (AvgIpc) is 2.60. The first-order valence-electron chi connectivity index (χ1n) is 7.96. The molecule has 3 aromatic rings. The summed E-state index contributed by atoms with van der Waals surface area (Å²) >= 11 is 6.16. The molecule has 0 aliphatic rings. The van der Waals surface area contributed by atoms with E-state index in [4.69, 9.17) is 17.3 Å². The minimum atomic E-state index is 0.464. The van der Waals surface area contributed by atoms with Gasteiger partial charge in [0, 0.05) is 17.3 Å². The van der Waals surface area contributed by atoms with Gasteiger partial charge in [-0.2, -0.15) is 0 Å². The second kappa shape index (κ2) is 7.40. The smallest absolute Gasteiger partial charge is 0.159 e. The van der Waals surface area contributed by atoms with Crippen LogP contribution in [0.15, 0.2) is 48.8 Å². The third-order valence-corrected chi connectivity index (χ3v) is 4.31. The zero-order chi connectivity index (χ0) is 17.8. The van der Waals surface area contributed by atoms with E-state index in [1.165, 1.54) is 11.9 Å². The second-order valence-electron chi connectivity index (χ2n) is 5.91. The summed E-state index contributed by atoms with van der Waals surface area (Å²) in [6.07, 6.45) is 1.48. The highest BCUT2D eigenvalue weighted by molar-refractivity contribution is 6.31. The van der Waals surface area contributed by atoms with Crippen molar-refractivity contribution in [2.24, 2.45) is 0 Å². The molecule has 2 aromatic carbocycles. The molecule has 0 fully saturated rings. The van der Waals surface area contributed by atoms with E-state index < -0.39 is 0 Å². The van der Waals surface area contributed by atoms with Crippen LogP contribution in [0.1, 0.15) is 16.7 Å². The molecule has 0 amide bonds. The Balaban J connectivity index is 1.75. The molecule has 0 aliphatic carbocycles. The molecular weight excluding hydrogens is 334 g/mol. The van der Waals surface area contributed by atoms with Crippen LogP contribution in [-0.2, 0) is 6.54 Å². The van der Waals surface area contributed by atoms with E-state index in [0.29, 0.717) is 28.9 Å². The maximum absolute atomic E-state index is 6.20. The first-order valence-corrected chi connectivity index (χ1v) is 8.34. The first-order chi connectivity index (χ1) is 12.0. The van der Waals surface area contributed by atoms with Gasteiger partial charge in [0.25, 0.3) is 0 Å². The van der Waals surface area contributed by atoms with Crippen molar-refractivity contribution in [3.05, 3.63) is 70.5 Å². The Morgan fingerprint density at radius 3 is 2.44 bits per heavy atom. The summed E-state index contributed by atoms with van der Waals surface area (Å²) < 4.78 is 0. The number of rotatable bonds is 5. The van der Waals surface area contributed by atoms with Crippen molar-refractivity contribution in [3.63, 3.8) is 0 Å². The van der Waals surface area contributed by atoms with Gasteiger partial charge in [0.15, 0.2) is 11.6 Å². The number of hydrogen-bond donors (Lipinski definition) is 3. The van der Waals surface area contributed by atoms with Crippen molar-refractivity contribution in [3.8, 4) is 0 Å². The summed E-state index contributed by atoms with van der Waals surface area (Å²) in [5.74, 6) is 1.14. The Morgan fingerprint density at radius 1 is 1.00 bits per heavy atom. The predicted molar refractivity (Wildman–Crippen MR) is 104 cm³/mol. The van der Waals surface area contributed by atoms with Gasteiger partial charge in [-0.05, 0) is 37.1 Å². The third kappa shape index (κ3) is 4.19. The minimum Gasteiger partial charge on any atom is -0.393 e. The summed E-state index contributed by atoms with van der Waals surface area (Å²) in [5.41, 5.74) is 10.9. The highest BCUT2D eigenvalue weighted by atomic mass is 35.5. The predicted octanol–water partition coefficient (Wildman–Crippen LogP) is 4.68. The summed E-state index contributed by atoms with van der Waals surface area (Å²) in [4.78, 5) is 8.45. The summed E-state index contributed by atoms with van der Waals surface area (Å²) in [6.45, 7) is 4.66. The Morgan fingerprint density at radius 2 is 1.72 bits per heavy atom. The monoisotopic (exact) mass is 353 g/mol. The van der Waals surface area contributed by atoms with Crippen LogP contribution in [-0.4, -0.2) is 9.97 Å². The van der Waals surface area contributed by atoms with Crippen LogP contribution in [0.4, 0.5) is 23.0 Å². The minimum absolute atomic E-state index is 0.464. The van der Waals surface area contributed by atoms with E-state index in [1.54, 1.807) is 0 Å². The SMILES string of the molecule is Cc1ccc(CNc2ncnc(Nc3ccc(C)c(Cl)c3)c2N)cc1. The molecule has 0 radical (unpaired) electrons. The fraction of sp³-hybridized carbons (Fsp3) is 0.158. The quantitative estimate of drug-likeness (QED) is 0.620. The Hall–Kier alpha value is -2.79. The van der Waals surface area contributed by atoms with E-state index >= 15 is 0 Å². The molecule has 0 saturated heterocycles. The van der Waals surface area contributed by atoms with Gasteiger partial charge in [0.2, 0.25) is 0 Å². The van der Waals surface area contributed by atoms with Crippen molar-refractivity contribution in [2.45, 2.75) is 20.4 Å². The van der Waals surface area contributed by atoms with E-state index in [1.807, 2.05) is 25.1 Å². The van der Waals surface area contributed by atoms with Gasteiger partial charge in [-0.1, -0.05) is 47.5 Å². The Kier molecular flexibility index (Phi) is 5.05. The standard InChI is InChI=1S/C19H20ClN5/c1-12-3-6-14(7-4-12)10-22-18-17(21)19(24-11-23-18)25-15-8-5-13(2)16(20)9-15/h3-9,11H,10,21H2,1-2H3,(H2,22,23,24,25). The number of anilines is 4. The van der Waals surface area contributed by atoms with Gasteiger partial charge in [-0.25, -0.2) is 9.97 Å². The molecule has 0 atom stereocenters. The van der Waals surface area contributed by atoms with Crippen molar-refractivity contribution < 1.29 is 0 Å². The van der Waals surface area contributed by atoms with Gasteiger partial charge >= 0.3 is 0 Å². The number of nitrogen functional groups attached to an aromatic ring is 1. The van der Waals surface area contributed by atoms with E-state index in [9.17, 15) is 0 Å². The molecule has 4 N–H and O–H groups in total. The lowest BCUT2D eigenvalue weighted by Gasteiger charge is -2.13. The number of hydrogen-bond acceptors (Lipinski definition) is 5. The lowest BCUT2D eigenvalue weighted by Crippen LogP contribution is -2.08. The number of benzene rings is 2. The molecule has 6 heteroatoms. The molecule has 0 saturated carbocycles. The zero-order valence-electron chi connectivity index (χ0n) is 14.2. The molecule has 25 heavy (non-hydrogen) atoms. The van der Waals surface area contributed by atoms with Crippen LogP contribution in [0.25, 0.3) is 0 Å². The topological polar surface area (TPSA) is 75.9 Å². The largest absolute Gasteiger partial charge is 0.393 e. The number of nitrogens with zero attached hydrogens (tertiary/aromatic N) is 2. The first kappa shape index (κ1) is 17.0. The van der Waals surface area contributed by atoms with Gasteiger partial charge in [0.05, 0.1) is 0 Å².